The predicted octanol–water partition coefficient (Wildman–Crippen LogP) is 5.43. The Morgan fingerprint density at radius 2 is 2.04 bits per heavy atom. The van der Waals surface area contributed by atoms with Crippen molar-refractivity contribution in [2.75, 3.05) is 6.61 Å². The molecule has 3 heterocycles. The van der Waals surface area contributed by atoms with E-state index in [0.717, 1.165) is 36.7 Å². The van der Waals surface area contributed by atoms with Gasteiger partial charge in [0.2, 0.25) is 0 Å². The molecule has 0 N–H and O–H groups in total. The highest BCUT2D eigenvalue weighted by Crippen LogP contribution is 2.49. The molecule has 2 aliphatic heterocycles. The number of hydrogen-bond acceptors (Lipinski definition) is 4. The highest BCUT2D eigenvalue weighted by molar-refractivity contribution is 8.04. The van der Waals surface area contributed by atoms with Gasteiger partial charge in [-0.3, -0.25) is 4.79 Å². The molecule has 0 fully saturated rings. The van der Waals surface area contributed by atoms with E-state index in [-0.39, 0.29) is 11.3 Å². The van der Waals surface area contributed by atoms with E-state index in [1.165, 1.54) is 0 Å². The normalized spacial score (nSPS) is 18.2. The summed E-state index contributed by atoms with van der Waals surface area (Å²) in [6.45, 7) is 0.517. The summed E-state index contributed by atoms with van der Waals surface area (Å²) in [6.07, 6.45) is 0. The van der Waals surface area contributed by atoms with Gasteiger partial charge in [0.1, 0.15) is 12.4 Å². The third-order valence-corrected chi connectivity index (χ3v) is 7.06. The molecule has 2 aromatic carbocycles. The lowest BCUT2D eigenvalue weighted by Crippen LogP contribution is -2.25. The summed E-state index contributed by atoms with van der Waals surface area (Å²) in [5.41, 5.74) is 3.10. The van der Waals surface area contributed by atoms with Crippen LogP contribution in [0.15, 0.2) is 62.4 Å². The summed E-state index contributed by atoms with van der Waals surface area (Å²) in [7, 11) is 0. The van der Waals surface area contributed by atoms with Crippen LogP contribution in [0, 0.1) is 0 Å². The number of rotatable bonds is 0. The number of ether oxygens (including phenoxy) is 1. The van der Waals surface area contributed by atoms with Gasteiger partial charge in [-0.15, -0.1) is 11.3 Å². The van der Waals surface area contributed by atoms with Crippen LogP contribution in [0.25, 0.3) is 10.1 Å². The van der Waals surface area contributed by atoms with Crippen molar-refractivity contribution in [3.05, 3.63) is 79.8 Å². The van der Waals surface area contributed by atoms with Crippen molar-refractivity contribution in [1.82, 2.24) is 0 Å². The molecule has 0 spiro atoms. The second kappa shape index (κ2) is 5.38. The highest BCUT2D eigenvalue weighted by atomic mass is 35.5. The SMILES string of the molecule is O=c1c2c(sc3ccccc13)SC=C1COc3ccc(Cl)cc3C12. The van der Waals surface area contributed by atoms with Crippen LogP contribution < -0.4 is 10.2 Å². The van der Waals surface area contributed by atoms with E-state index in [9.17, 15) is 4.79 Å². The summed E-state index contributed by atoms with van der Waals surface area (Å²) in [5, 5.41) is 3.58. The Morgan fingerprint density at radius 3 is 2.96 bits per heavy atom. The average Bonchev–Trinajstić information content (AvgIpc) is 2.61. The van der Waals surface area contributed by atoms with Crippen molar-refractivity contribution in [1.29, 1.82) is 0 Å². The van der Waals surface area contributed by atoms with Crippen molar-refractivity contribution in [2.24, 2.45) is 0 Å². The van der Waals surface area contributed by atoms with E-state index in [0.29, 0.717) is 11.6 Å². The summed E-state index contributed by atoms with van der Waals surface area (Å²) in [6, 6.07) is 13.5. The molecular formula is C19H11ClO2S2. The molecule has 0 aliphatic carbocycles. The molecule has 24 heavy (non-hydrogen) atoms. The first-order valence-corrected chi connectivity index (χ1v) is 9.63. The topological polar surface area (TPSA) is 26.3 Å². The molecule has 0 radical (unpaired) electrons. The fraction of sp³-hybridized carbons (Fsp3) is 0.105. The molecule has 1 atom stereocenters. The minimum atomic E-state index is -0.0583. The zero-order valence-corrected chi connectivity index (χ0v) is 14.8. The van der Waals surface area contributed by atoms with Gasteiger partial charge in [0, 0.05) is 32.2 Å². The van der Waals surface area contributed by atoms with Crippen LogP contribution in [0.4, 0.5) is 0 Å². The van der Waals surface area contributed by atoms with Gasteiger partial charge < -0.3 is 4.74 Å². The fourth-order valence-corrected chi connectivity index (χ4v) is 5.89. The smallest absolute Gasteiger partial charge is 0.193 e. The molecule has 118 valence electrons. The van der Waals surface area contributed by atoms with Crippen molar-refractivity contribution in [3.8, 4) is 5.75 Å². The quantitative estimate of drug-likeness (QED) is 0.528. The van der Waals surface area contributed by atoms with Gasteiger partial charge >= 0.3 is 0 Å². The third-order valence-electron chi connectivity index (χ3n) is 4.45. The van der Waals surface area contributed by atoms with Gasteiger partial charge in [-0.05, 0) is 41.3 Å². The zero-order valence-electron chi connectivity index (χ0n) is 12.4. The molecule has 1 unspecified atom stereocenters. The fourth-order valence-electron chi connectivity index (χ4n) is 3.37. The number of hydrogen-bond donors (Lipinski definition) is 0. The zero-order chi connectivity index (χ0) is 16.3. The van der Waals surface area contributed by atoms with Crippen molar-refractivity contribution < 1.29 is 4.74 Å². The molecule has 3 aromatic rings. The number of thioether (sulfide) groups is 1. The Labute approximate surface area is 151 Å². The molecule has 5 rings (SSSR count). The predicted molar refractivity (Wildman–Crippen MR) is 101 cm³/mol. The summed E-state index contributed by atoms with van der Waals surface area (Å²) in [5.74, 6) is 0.758. The molecule has 1 aromatic heterocycles. The monoisotopic (exact) mass is 370 g/mol. The lowest BCUT2D eigenvalue weighted by molar-refractivity contribution is 0.324. The molecule has 0 bridgehead atoms. The average molecular weight is 371 g/mol. The van der Waals surface area contributed by atoms with Gasteiger partial charge in [-0.25, -0.2) is 0 Å². The first-order chi connectivity index (χ1) is 11.7. The molecule has 2 nitrogen and oxygen atoms in total. The van der Waals surface area contributed by atoms with Crippen LogP contribution >= 0.6 is 34.7 Å². The standard InChI is InChI=1S/C19H11ClO2S2/c20-11-5-6-14-13(7-11)16-10(8-22-14)9-23-19-17(16)18(21)12-3-1-2-4-15(12)24-19/h1-7,9,16H,8H2. The Kier molecular flexibility index (Phi) is 3.27. The first kappa shape index (κ1) is 14.6. The Hall–Kier alpha value is -1.75. The van der Waals surface area contributed by atoms with Crippen LogP contribution in [0.5, 0.6) is 5.75 Å². The van der Waals surface area contributed by atoms with Crippen LogP contribution in [0.3, 0.4) is 0 Å². The molecule has 0 amide bonds. The Balaban J connectivity index is 1.85. The molecule has 0 saturated heterocycles. The van der Waals surface area contributed by atoms with E-state index < -0.39 is 0 Å². The number of halogens is 1. The van der Waals surface area contributed by atoms with Gasteiger partial charge in [-0.2, -0.15) is 0 Å². The first-order valence-electron chi connectivity index (χ1n) is 7.56. The van der Waals surface area contributed by atoms with Crippen LogP contribution in [-0.4, -0.2) is 6.61 Å². The van der Waals surface area contributed by atoms with Gasteiger partial charge in [-0.1, -0.05) is 35.5 Å². The van der Waals surface area contributed by atoms with Gasteiger partial charge in [0.15, 0.2) is 5.43 Å². The summed E-state index contributed by atoms with van der Waals surface area (Å²) >= 11 is 9.52. The highest BCUT2D eigenvalue weighted by Gasteiger charge is 2.34. The van der Waals surface area contributed by atoms with Gasteiger partial charge in [0.25, 0.3) is 0 Å². The van der Waals surface area contributed by atoms with Crippen molar-refractivity contribution in [3.63, 3.8) is 0 Å². The second-order valence-corrected chi connectivity index (χ2v) is 8.47. The lowest BCUT2D eigenvalue weighted by atomic mass is 9.84. The second-order valence-electron chi connectivity index (χ2n) is 5.84. The maximum Gasteiger partial charge on any atom is 0.193 e. The van der Waals surface area contributed by atoms with E-state index in [1.807, 2.05) is 42.5 Å². The molecular weight excluding hydrogens is 360 g/mol. The Morgan fingerprint density at radius 1 is 1.17 bits per heavy atom. The van der Waals surface area contributed by atoms with Crippen LogP contribution in [0.2, 0.25) is 5.02 Å². The largest absolute Gasteiger partial charge is 0.489 e. The lowest BCUT2D eigenvalue weighted by Gasteiger charge is -2.32. The maximum absolute atomic E-state index is 13.2. The maximum atomic E-state index is 13.2. The molecule has 0 saturated carbocycles. The minimum Gasteiger partial charge on any atom is -0.489 e. The van der Waals surface area contributed by atoms with E-state index in [1.54, 1.807) is 23.1 Å². The van der Waals surface area contributed by atoms with E-state index in [4.69, 9.17) is 16.3 Å². The van der Waals surface area contributed by atoms with Crippen molar-refractivity contribution >= 4 is 44.8 Å². The molecule has 2 aliphatic rings. The van der Waals surface area contributed by atoms with E-state index >= 15 is 0 Å². The molecule has 5 heteroatoms. The van der Waals surface area contributed by atoms with E-state index in [2.05, 4.69) is 5.41 Å². The Bertz CT molecular complexity index is 1080. The number of benzene rings is 2. The third kappa shape index (κ3) is 2.07. The van der Waals surface area contributed by atoms with Gasteiger partial charge in [0.05, 0.1) is 4.21 Å². The summed E-state index contributed by atoms with van der Waals surface area (Å²) in [4.78, 5) is 13.2. The number of fused-ring (bicyclic) bond motifs is 6. The summed E-state index contributed by atoms with van der Waals surface area (Å²) < 4.78 is 7.95. The van der Waals surface area contributed by atoms with Crippen LogP contribution in [0.1, 0.15) is 17.0 Å². The minimum absolute atomic E-state index is 0.0583. The van der Waals surface area contributed by atoms with Crippen LogP contribution in [-0.2, 0) is 0 Å². The van der Waals surface area contributed by atoms with Crippen molar-refractivity contribution in [2.45, 2.75) is 10.1 Å².